The lowest BCUT2D eigenvalue weighted by Crippen LogP contribution is -2.16. The molecular weight excluding hydrogens is 256 g/mol. The molecule has 1 fully saturated rings. The van der Waals surface area contributed by atoms with Gasteiger partial charge in [0.1, 0.15) is 5.82 Å². The molecule has 1 aliphatic rings. The van der Waals surface area contributed by atoms with Crippen LogP contribution in [0.15, 0.2) is 30.9 Å². The molecule has 3 rings (SSSR count). The minimum Gasteiger partial charge on any atom is -0.384 e. The Kier molecular flexibility index (Phi) is 3.73. The van der Waals surface area contributed by atoms with Gasteiger partial charge in [-0.2, -0.15) is 11.8 Å². The van der Waals surface area contributed by atoms with Crippen LogP contribution in [0.3, 0.4) is 0 Å². The van der Waals surface area contributed by atoms with E-state index < -0.39 is 0 Å². The Labute approximate surface area is 117 Å². The number of nitrogens with zero attached hydrogens (tertiary/aromatic N) is 3. The Morgan fingerprint density at radius 3 is 2.84 bits per heavy atom. The van der Waals surface area contributed by atoms with Gasteiger partial charge in [-0.15, -0.1) is 0 Å². The summed E-state index contributed by atoms with van der Waals surface area (Å²) in [5.74, 6) is 3.91. The molecule has 0 atom stereocenters. The summed E-state index contributed by atoms with van der Waals surface area (Å²) in [6.45, 7) is 1.06. The minimum atomic E-state index is 0.555. The maximum atomic E-state index is 5.63. The molecule has 19 heavy (non-hydrogen) atoms. The van der Waals surface area contributed by atoms with E-state index in [1.54, 1.807) is 0 Å². The molecule has 0 unspecified atom stereocenters. The average Bonchev–Trinajstić information content (AvgIpc) is 2.89. The molecule has 0 aliphatic carbocycles. The van der Waals surface area contributed by atoms with Crippen molar-refractivity contribution in [2.24, 2.45) is 5.92 Å². The van der Waals surface area contributed by atoms with Gasteiger partial charge in [0.2, 0.25) is 0 Å². The van der Waals surface area contributed by atoms with Crippen molar-refractivity contribution in [3.8, 4) is 11.3 Å². The SMILES string of the molecule is Nc1ccc(-c2cncn2CC2CCSCC2)cn1. The Bertz CT molecular complexity index is 529. The van der Waals surface area contributed by atoms with Crippen molar-refractivity contribution < 1.29 is 0 Å². The Hall–Kier alpha value is -1.49. The monoisotopic (exact) mass is 274 g/mol. The van der Waals surface area contributed by atoms with E-state index in [0.717, 1.165) is 23.7 Å². The third-order valence-corrected chi connectivity index (χ3v) is 4.64. The molecule has 100 valence electrons. The Morgan fingerprint density at radius 1 is 1.26 bits per heavy atom. The molecule has 0 saturated carbocycles. The topological polar surface area (TPSA) is 56.7 Å². The summed E-state index contributed by atoms with van der Waals surface area (Å²) in [7, 11) is 0. The van der Waals surface area contributed by atoms with Crippen molar-refractivity contribution in [2.75, 3.05) is 17.2 Å². The lowest BCUT2D eigenvalue weighted by molar-refractivity contribution is 0.418. The fraction of sp³-hybridized carbons (Fsp3) is 0.429. The van der Waals surface area contributed by atoms with Crippen LogP contribution in [-0.2, 0) is 6.54 Å². The molecule has 2 aromatic heterocycles. The summed E-state index contributed by atoms with van der Waals surface area (Å²) >= 11 is 2.06. The van der Waals surface area contributed by atoms with Gasteiger partial charge in [-0.3, -0.25) is 0 Å². The molecule has 0 spiro atoms. The van der Waals surface area contributed by atoms with Crippen LogP contribution >= 0.6 is 11.8 Å². The van der Waals surface area contributed by atoms with Crippen molar-refractivity contribution in [1.29, 1.82) is 0 Å². The molecule has 4 nitrogen and oxygen atoms in total. The number of nitrogens with two attached hydrogens (primary N) is 1. The van der Waals surface area contributed by atoms with E-state index in [1.807, 2.05) is 30.9 Å². The summed E-state index contributed by atoms with van der Waals surface area (Å²) in [6.07, 6.45) is 8.27. The van der Waals surface area contributed by atoms with Crippen LogP contribution in [0.5, 0.6) is 0 Å². The highest BCUT2D eigenvalue weighted by Gasteiger charge is 2.16. The number of hydrogen-bond donors (Lipinski definition) is 1. The highest BCUT2D eigenvalue weighted by molar-refractivity contribution is 7.99. The van der Waals surface area contributed by atoms with Gasteiger partial charge in [0.25, 0.3) is 0 Å². The second-order valence-corrected chi connectivity index (χ2v) is 6.18. The van der Waals surface area contributed by atoms with Gasteiger partial charge in [0, 0.05) is 18.3 Å². The number of pyridine rings is 1. The first-order valence-electron chi connectivity index (χ1n) is 6.63. The maximum absolute atomic E-state index is 5.63. The maximum Gasteiger partial charge on any atom is 0.123 e. The Morgan fingerprint density at radius 2 is 2.11 bits per heavy atom. The summed E-state index contributed by atoms with van der Waals surface area (Å²) in [5, 5.41) is 0. The number of anilines is 1. The van der Waals surface area contributed by atoms with Gasteiger partial charge < -0.3 is 10.3 Å². The fourth-order valence-electron chi connectivity index (χ4n) is 2.47. The van der Waals surface area contributed by atoms with Crippen LogP contribution in [0.2, 0.25) is 0 Å². The highest BCUT2D eigenvalue weighted by atomic mass is 32.2. The molecule has 1 saturated heterocycles. The first kappa shape index (κ1) is 12.5. The van der Waals surface area contributed by atoms with Gasteiger partial charge in [-0.05, 0) is 42.4 Å². The second kappa shape index (κ2) is 5.65. The zero-order valence-electron chi connectivity index (χ0n) is 10.8. The first-order valence-corrected chi connectivity index (χ1v) is 7.78. The van der Waals surface area contributed by atoms with E-state index in [9.17, 15) is 0 Å². The van der Waals surface area contributed by atoms with Crippen LogP contribution in [-0.4, -0.2) is 26.0 Å². The van der Waals surface area contributed by atoms with E-state index in [0.29, 0.717) is 5.82 Å². The van der Waals surface area contributed by atoms with Gasteiger partial charge in [-0.25, -0.2) is 9.97 Å². The third kappa shape index (κ3) is 2.92. The third-order valence-electron chi connectivity index (χ3n) is 3.59. The van der Waals surface area contributed by atoms with Crippen molar-refractivity contribution in [1.82, 2.24) is 14.5 Å². The van der Waals surface area contributed by atoms with Gasteiger partial charge >= 0.3 is 0 Å². The predicted molar refractivity (Wildman–Crippen MR) is 79.9 cm³/mol. The lowest BCUT2D eigenvalue weighted by Gasteiger charge is -2.22. The summed E-state index contributed by atoms with van der Waals surface area (Å²) in [4.78, 5) is 8.44. The number of rotatable bonds is 3. The molecule has 0 aromatic carbocycles. The van der Waals surface area contributed by atoms with Crippen molar-refractivity contribution >= 4 is 17.6 Å². The lowest BCUT2D eigenvalue weighted by atomic mass is 10.0. The summed E-state index contributed by atoms with van der Waals surface area (Å²) in [6, 6.07) is 3.84. The van der Waals surface area contributed by atoms with Gasteiger partial charge in [-0.1, -0.05) is 0 Å². The van der Waals surface area contributed by atoms with Crippen LogP contribution in [0.4, 0.5) is 5.82 Å². The number of imidazole rings is 1. The van der Waals surface area contributed by atoms with Crippen LogP contribution < -0.4 is 5.73 Å². The van der Waals surface area contributed by atoms with E-state index in [-0.39, 0.29) is 0 Å². The number of hydrogen-bond acceptors (Lipinski definition) is 4. The largest absolute Gasteiger partial charge is 0.384 e. The highest BCUT2D eigenvalue weighted by Crippen LogP contribution is 2.26. The van der Waals surface area contributed by atoms with Crippen molar-refractivity contribution in [2.45, 2.75) is 19.4 Å². The molecule has 5 heteroatoms. The second-order valence-electron chi connectivity index (χ2n) is 4.96. The summed E-state index contributed by atoms with van der Waals surface area (Å²) < 4.78 is 2.24. The van der Waals surface area contributed by atoms with Gasteiger partial charge in [0.15, 0.2) is 0 Å². The molecular formula is C14H18N4S. The van der Waals surface area contributed by atoms with Crippen molar-refractivity contribution in [3.05, 3.63) is 30.9 Å². The zero-order valence-corrected chi connectivity index (χ0v) is 11.6. The van der Waals surface area contributed by atoms with Crippen LogP contribution in [0, 0.1) is 5.92 Å². The summed E-state index contributed by atoms with van der Waals surface area (Å²) in [5.41, 5.74) is 7.84. The Balaban J connectivity index is 1.79. The molecule has 1 aliphatic heterocycles. The standard InChI is InChI=1S/C14H18N4S/c15-14-2-1-12(7-17-14)13-8-16-10-18(13)9-11-3-5-19-6-4-11/h1-2,7-8,10-11H,3-6,9H2,(H2,15,17). The quantitative estimate of drug-likeness (QED) is 0.935. The van der Waals surface area contributed by atoms with E-state index in [1.165, 1.54) is 24.3 Å². The predicted octanol–water partition coefficient (Wildman–Crippen LogP) is 2.67. The fourth-order valence-corrected chi connectivity index (χ4v) is 3.67. The number of aromatic nitrogens is 3. The number of thioether (sulfide) groups is 1. The van der Waals surface area contributed by atoms with Crippen molar-refractivity contribution in [3.63, 3.8) is 0 Å². The minimum absolute atomic E-state index is 0.555. The smallest absolute Gasteiger partial charge is 0.123 e. The average molecular weight is 274 g/mol. The van der Waals surface area contributed by atoms with Crippen LogP contribution in [0.25, 0.3) is 11.3 Å². The molecule has 2 N–H and O–H groups in total. The van der Waals surface area contributed by atoms with E-state index in [4.69, 9.17) is 5.73 Å². The molecule has 3 heterocycles. The zero-order chi connectivity index (χ0) is 13.1. The number of nitrogen functional groups attached to an aromatic ring is 1. The first-order chi connectivity index (χ1) is 9.33. The molecule has 0 amide bonds. The van der Waals surface area contributed by atoms with E-state index in [2.05, 4.69) is 26.3 Å². The molecule has 0 radical (unpaired) electrons. The molecule has 2 aromatic rings. The van der Waals surface area contributed by atoms with Gasteiger partial charge in [0.05, 0.1) is 18.2 Å². The normalized spacial score (nSPS) is 16.6. The molecule has 0 bridgehead atoms. The van der Waals surface area contributed by atoms with E-state index >= 15 is 0 Å². The van der Waals surface area contributed by atoms with Crippen LogP contribution in [0.1, 0.15) is 12.8 Å².